The van der Waals surface area contributed by atoms with Crippen molar-refractivity contribution in [2.24, 2.45) is 10.7 Å². The summed E-state index contributed by atoms with van der Waals surface area (Å²) in [5.74, 6) is -0.149. The number of likely N-dealkylation sites (tertiary alicyclic amines) is 1. The smallest absolute Gasteiger partial charge is 0.193 e. The first-order valence-corrected chi connectivity index (χ1v) is 7.73. The number of halogens is 2. The molecule has 1 aliphatic heterocycles. The maximum absolute atomic E-state index is 13.1. The predicted octanol–water partition coefficient (Wildman–Crippen LogP) is 2.32. The van der Waals surface area contributed by atoms with Crippen molar-refractivity contribution in [3.05, 3.63) is 29.0 Å². The second kappa shape index (κ2) is 8.31. The molecule has 0 spiro atoms. The molecule has 1 heterocycles. The van der Waals surface area contributed by atoms with Gasteiger partial charge in [-0.3, -0.25) is 9.89 Å². The van der Waals surface area contributed by atoms with Crippen molar-refractivity contribution >= 4 is 23.2 Å². The molecule has 0 unspecified atom stereocenters. The summed E-state index contributed by atoms with van der Waals surface area (Å²) in [7, 11) is 1.71. The number of ether oxygens (including phenoxy) is 1. The van der Waals surface area contributed by atoms with E-state index in [2.05, 4.69) is 15.2 Å². The van der Waals surface area contributed by atoms with E-state index in [4.69, 9.17) is 22.1 Å². The number of methoxy groups -OCH3 is 1. The fraction of sp³-hybridized carbons (Fsp3) is 0.533. The number of rotatable bonds is 6. The van der Waals surface area contributed by atoms with Crippen LogP contribution in [0.2, 0.25) is 5.02 Å². The molecular weight excluding hydrogens is 307 g/mol. The molecule has 22 heavy (non-hydrogen) atoms. The Morgan fingerprint density at radius 2 is 2.41 bits per heavy atom. The molecule has 1 atom stereocenters. The molecule has 0 saturated carbocycles. The van der Waals surface area contributed by atoms with Crippen LogP contribution >= 0.6 is 11.6 Å². The molecule has 7 heteroatoms. The van der Waals surface area contributed by atoms with E-state index in [1.807, 2.05) is 0 Å². The van der Waals surface area contributed by atoms with Gasteiger partial charge in [0.1, 0.15) is 5.82 Å². The lowest BCUT2D eigenvalue weighted by atomic mass is 10.2. The van der Waals surface area contributed by atoms with E-state index in [-0.39, 0.29) is 5.02 Å². The molecule has 0 amide bonds. The monoisotopic (exact) mass is 328 g/mol. The highest BCUT2D eigenvalue weighted by molar-refractivity contribution is 6.31. The lowest BCUT2D eigenvalue weighted by molar-refractivity contribution is 0.143. The lowest BCUT2D eigenvalue weighted by Gasteiger charge is -2.22. The number of anilines is 1. The van der Waals surface area contributed by atoms with Crippen LogP contribution in [0.3, 0.4) is 0 Å². The summed E-state index contributed by atoms with van der Waals surface area (Å²) in [5.41, 5.74) is 6.50. The van der Waals surface area contributed by atoms with Gasteiger partial charge in [-0.2, -0.15) is 0 Å². The molecule has 0 aliphatic carbocycles. The van der Waals surface area contributed by atoms with Gasteiger partial charge in [0.05, 0.1) is 18.2 Å². The molecule has 1 aromatic carbocycles. The number of guanidine groups is 1. The minimum Gasteiger partial charge on any atom is -0.383 e. The average molecular weight is 329 g/mol. The Hall–Kier alpha value is -1.37. The van der Waals surface area contributed by atoms with E-state index in [0.29, 0.717) is 24.2 Å². The van der Waals surface area contributed by atoms with E-state index < -0.39 is 5.82 Å². The zero-order chi connectivity index (χ0) is 15.9. The third-order valence-electron chi connectivity index (χ3n) is 3.75. The van der Waals surface area contributed by atoms with Gasteiger partial charge in [0.2, 0.25) is 0 Å². The van der Waals surface area contributed by atoms with E-state index in [1.165, 1.54) is 18.6 Å². The third kappa shape index (κ3) is 4.83. The number of aliphatic imine (C=N–C) groups is 1. The Kier molecular flexibility index (Phi) is 6.42. The Labute approximate surface area is 135 Å². The molecule has 3 N–H and O–H groups in total. The number of hydrogen-bond donors (Lipinski definition) is 2. The summed E-state index contributed by atoms with van der Waals surface area (Å²) in [6.07, 6.45) is 2.29. The summed E-state index contributed by atoms with van der Waals surface area (Å²) < 4.78 is 18.2. The maximum Gasteiger partial charge on any atom is 0.193 e. The highest BCUT2D eigenvalue weighted by Gasteiger charge is 2.23. The molecule has 0 aromatic heterocycles. The van der Waals surface area contributed by atoms with Gasteiger partial charge in [0, 0.05) is 25.4 Å². The first-order chi connectivity index (χ1) is 10.6. The minimum absolute atomic E-state index is 0.0549. The number of nitrogens with one attached hydrogen (secondary N) is 1. The van der Waals surface area contributed by atoms with Crippen molar-refractivity contribution in [1.82, 2.24) is 4.90 Å². The zero-order valence-corrected chi connectivity index (χ0v) is 13.4. The Morgan fingerprint density at radius 1 is 1.59 bits per heavy atom. The zero-order valence-electron chi connectivity index (χ0n) is 12.7. The third-order valence-corrected chi connectivity index (χ3v) is 4.04. The van der Waals surface area contributed by atoms with Crippen LogP contribution in [0.15, 0.2) is 23.2 Å². The summed E-state index contributed by atoms with van der Waals surface area (Å²) in [5, 5.41) is 2.98. The Balaban J connectivity index is 1.87. The normalized spacial score (nSPS) is 19.6. The van der Waals surface area contributed by atoms with Crippen molar-refractivity contribution in [2.45, 2.75) is 18.9 Å². The van der Waals surface area contributed by atoms with Gasteiger partial charge >= 0.3 is 0 Å². The van der Waals surface area contributed by atoms with E-state index in [1.54, 1.807) is 13.2 Å². The maximum atomic E-state index is 13.1. The standard InChI is InChI=1S/C15H22ClFN4O/c1-22-8-7-21-6-2-3-12(21)10-19-15(18)20-11-4-5-14(17)13(16)9-11/h4-5,9,12H,2-3,6-8,10H2,1H3,(H3,18,19,20)/t12-/m1/s1. The van der Waals surface area contributed by atoms with Crippen molar-refractivity contribution in [3.8, 4) is 0 Å². The summed E-state index contributed by atoms with van der Waals surface area (Å²) in [4.78, 5) is 6.75. The number of nitrogens with two attached hydrogens (primary N) is 1. The molecule has 0 bridgehead atoms. The van der Waals surface area contributed by atoms with Crippen LogP contribution in [0.1, 0.15) is 12.8 Å². The molecule has 2 rings (SSSR count). The van der Waals surface area contributed by atoms with Crippen LogP contribution in [-0.4, -0.2) is 50.3 Å². The van der Waals surface area contributed by atoms with E-state index in [0.717, 1.165) is 26.1 Å². The molecule has 122 valence electrons. The van der Waals surface area contributed by atoms with E-state index >= 15 is 0 Å². The highest BCUT2D eigenvalue weighted by Crippen LogP contribution is 2.19. The van der Waals surface area contributed by atoms with Gasteiger partial charge in [-0.1, -0.05) is 11.6 Å². The second-order valence-electron chi connectivity index (χ2n) is 5.30. The second-order valence-corrected chi connectivity index (χ2v) is 5.71. The van der Waals surface area contributed by atoms with E-state index in [9.17, 15) is 4.39 Å². The van der Waals surface area contributed by atoms with Crippen molar-refractivity contribution in [1.29, 1.82) is 0 Å². The van der Waals surface area contributed by atoms with Gasteiger partial charge in [-0.15, -0.1) is 0 Å². The quantitative estimate of drug-likeness (QED) is 0.621. The summed E-state index contributed by atoms with van der Waals surface area (Å²) in [6, 6.07) is 4.75. The van der Waals surface area contributed by atoms with Crippen LogP contribution in [0, 0.1) is 5.82 Å². The molecule has 0 radical (unpaired) electrons. The summed E-state index contributed by atoms with van der Waals surface area (Å²) in [6.45, 7) is 3.35. The summed E-state index contributed by atoms with van der Waals surface area (Å²) >= 11 is 5.73. The first kappa shape index (κ1) is 17.0. The van der Waals surface area contributed by atoms with Gasteiger partial charge in [0.25, 0.3) is 0 Å². The predicted molar refractivity (Wildman–Crippen MR) is 88.0 cm³/mol. The van der Waals surface area contributed by atoms with Crippen LogP contribution in [0.25, 0.3) is 0 Å². The van der Waals surface area contributed by atoms with Crippen LogP contribution in [-0.2, 0) is 4.74 Å². The van der Waals surface area contributed by atoms with Crippen molar-refractivity contribution < 1.29 is 9.13 Å². The minimum atomic E-state index is -0.456. The number of hydrogen-bond acceptors (Lipinski definition) is 3. The molecular formula is C15H22ClFN4O. The largest absolute Gasteiger partial charge is 0.383 e. The molecule has 1 aliphatic rings. The highest BCUT2D eigenvalue weighted by atomic mass is 35.5. The SMILES string of the molecule is COCCN1CCC[C@@H]1CN=C(N)Nc1ccc(F)c(Cl)c1. The topological polar surface area (TPSA) is 62.9 Å². The van der Waals surface area contributed by atoms with Gasteiger partial charge in [-0.25, -0.2) is 4.39 Å². The van der Waals surface area contributed by atoms with Crippen LogP contribution in [0.5, 0.6) is 0 Å². The first-order valence-electron chi connectivity index (χ1n) is 7.35. The lowest BCUT2D eigenvalue weighted by Crippen LogP contribution is -2.35. The van der Waals surface area contributed by atoms with Gasteiger partial charge in [-0.05, 0) is 37.6 Å². The fourth-order valence-corrected chi connectivity index (χ4v) is 2.75. The van der Waals surface area contributed by atoms with Crippen molar-refractivity contribution in [3.63, 3.8) is 0 Å². The average Bonchev–Trinajstić information content (AvgIpc) is 2.94. The molecule has 1 saturated heterocycles. The van der Waals surface area contributed by atoms with Crippen molar-refractivity contribution in [2.75, 3.05) is 38.7 Å². The van der Waals surface area contributed by atoms with Crippen LogP contribution < -0.4 is 11.1 Å². The van der Waals surface area contributed by atoms with Crippen LogP contribution in [0.4, 0.5) is 10.1 Å². The van der Waals surface area contributed by atoms with Gasteiger partial charge < -0.3 is 15.8 Å². The Bertz CT molecular complexity index is 526. The van der Waals surface area contributed by atoms with Gasteiger partial charge in [0.15, 0.2) is 5.96 Å². The number of benzene rings is 1. The fourth-order valence-electron chi connectivity index (χ4n) is 2.57. The molecule has 1 fully saturated rings. The molecule has 5 nitrogen and oxygen atoms in total. The number of nitrogens with zero attached hydrogens (tertiary/aromatic N) is 2. The molecule has 1 aromatic rings. The Morgan fingerprint density at radius 3 is 3.14 bits per heavy atom.